The van der Waals surface area contributed by atoms with Gasteiger partial charge in [0.1, 0.15) is 27.6 Å². The van der Waals surface area contributed by atoms with Gasteiger partial charge in [0, 0.05) is 58.6 Å². The molecule has 0 radical (unpaired) electrons. The first-order chi connectivity index (χ1) is 29.8. The fourth-order valence-electron chi connectivity index (χ4n) is 5.91. The Bertz CT molecular complexity index is 2470. The number of halogens is 4. The summed E-state index contributed by atoms with van der Waals surface area (Å²) in [6.45, 7) is 11.9. The van der Waals surface area contributed by atoms with Crippen LogP contribution in [0, 0.1) is 5.95 Å². The predicted octanol–water partition coefficient (Wildman–Crippen LogP) is 13.1. The highest BCUT2D eigenvalue weighted by atomic mass is 35.5. The Balaban J connectivity index is 0.000000156. The van der Waals surface area contributed by atoms with Crippen LogP contribution in [0.2, 0.25) is 15.3 Å². The summed E-state index contributed by atoms with van der Waals surface area (Å²) in [6.07, 6.45) is 7.44. The molecule has 0 saturated carbocycles. The molecular formula is C48H45Cl3FN7O3. The molecule has 5 aromatic heterocycles. The Morgan fingerprint density at radius 2 is 0.839 bits per heavy atom. The Labute approximate surface area is 375 Å². The van der Waals surface area contributed by atoms with E-state index in [1.54, 1.807) is 58.3 Å². The summed E-state index contributed by atoms with van der Waals surface area (Å²) in [4.78, 5) is 12.6. The van der Waals surface area contributed by atoms with Gasteiger partial charge in [0.15, 0.2) is 0 Å². The summed E-state index contributed by atoms with van der Waals surface area (Å²) in [6, 6.07) is 36.9. The van der Waals surface area contributed by atoms with E-state index < -0.39 is 5.95 Å². The van der Waals surface area contributed by atoms with Gasteiger partial charge in [0.2, 0.25) is 5.95 Å². The van der Waals surface area contributed by atoms with E-state index in [-0.39, 0.29) is 18.3 Å². The van der Waals surface area contributed by atoms with Crippen LogP contribution in [0.4, 0.5) is 4.39 Å². The van der Waals surface area contributed by atoms with E-state index in [0.717, 1.165) is 51.0 Å². The number of nitrogens with zero attached hydrogens (tertiary/aromatic N) is 7. The van der Waals surface area contributed by atoms with Gasteiger partial charge >= 0.3 is 0 Å². The molecule has 0 unspecified atom stereocenters. The van der Waals surface area contributed by atoms with Crippen LogP contribution in [-0.4, -0.2) is 52.8 Å². The molecule has 0 aliphatic carbocycles. The lowest BCUT2D eigenvalue weighted by Gasteiger charge is -2.10. The average molecular weight is 893 g/mol. The Hall–Kier alpha value is -6.27. The average Bonchev–Trinajstić information content (AvgIpc) is 3.98. The molecule has 0 fully saturated rings. The second kappa shape index (κ2) is 21.5. The van der Waals surface area contributed by atoms with Crippen molar-refractivity contribution in [1.29, 1.82) is 0 Å². The zero-order valence-corrected chi connectivity index (χ0v) is 37.2. The number of pyridine rings is 3. The minimum atomic E-state index is -0.537. The monoisotopic (exact) mass is 891 g/mol. The van der Waals surface area contributed by atoms with Crippen molar-refractivity contribution in [2.24, 2.45) is 0 Å². The second-order valence-corrected chi connectivity index (χ2v) is 15.7. The van der Waals surface area contributed by atoms with Crippen LogP contribution >= 0.6 is 34.8 Å². The number of hydrogen-bond donors (Lipinski definition) is 0. The zero-order chi connectivity index (χ0) is 44.2. The van der Waals surface area contributed by atoms with Gasteiger partial charge < -0.3 is 14.2 Å². The lowest BCUT2D eigenvalue weighted by Crippen LogP contribution is -2.05. The lowest BCUT2D eigenvalue weighted by molar-refractivity contribution is 0.242. The minimum absolute atomic E-state index is 0.115. The highest BCUT2D eigenvalue weighted by Gasteiger charge is 2.10. The van der Waals surface area contributed by atoms with E-state index >= 15 is 0 Å². The summed E-state index contributed by atoms with van der Waals surface area (Å²) in [5, 5.41) is 9.73. The van der Waals surface area contributed by atoms with Gasteiger partial charge in [-0.15, -0.1) is 0 Å². The molecule has 0 bridgehead atoms. The van der Waals surface area contributed by atoms with E-state index in [1.807, 2.05) is 133 Å². The van der Waals surface area contributed by atoms with Crippen LogP contribution in [0.25, 0.3) is 45.1 Å². The van der Waals surface area contributed by atoms with Gasteiger partial charge in [-0.05, 0) is 151 Å². The van der Waals surface area contributed by atoms with Crippen LogP contribution in [0.15, 0.2) is 146 Å². The third-order valence-corrected chi connectivity index (χ3v) is 9.03. The summed E-state index contributed by atoms with van der Waals surface area (Å²) in [5.41, 5.74) is 6.38. The molecule has 3 aromatic carbocycles. The van der Waals surface area contributed by atoms with Gasteiger partial charge in [0.05, 0.1) is 46.8 Å². The number of ether oxygens (including phenoxy) is 3. The molecule has 0 amide bonds. The molecule has 5 heterocycles. The Kier molecular flexibility index (Phi) is 15.7. The number of rotatable bonds is 11. The number of benzene rings is 3. The molecule has 8 rings (SSSR count). The van der Waals surface area contributed by atoms with E-state index in [9.17, 15) is 4.39 Å². The van der Waals surface area contributed by atoms with Gasteiger partial charge in [0.25, 0.3) is 0 Å². The second-order valence-electron chi connectivity index (χ2n) is 14.5. The largest absolute Gasteiger partial charge is 0.491 e. The molecule has 0 N–H and O–H groups in total. The first kappa shape index (κ1) is 45.3. The van der Waals surface area contributed by atoms with Crippen molar-refractivity contribution in [2.45, 2.75) is 59.9 Å². The van der Waals surface area contributed by atoms with Gasteiger partial charge in [-0.3, -0.25) is 0 Å². The van der Waals surface area contributed by atoms with Crippen molar-refractivity contribution in [3.8, 4) is 62.4 Å². The highest BCUT2D eigenvalue weighted by Crippen LogP contribution is 2.28. The van der Waals surface area contributed by atoms with Crippen molar-refractivity contribution >= 4 is 34.8 Å². The molecule has 0 saturated heterocycles. The van der Waals surface area contributed by atoms with Crippen molar-refractivity contribution in [2.75, 3.05) is 0 Å². The quantitative estimate of drug-likeness (QED) is 0.118. The zero-order valence-electron chi connectivity index (χ0n) is 35.0. The minimum Gasteiger partial charge on any atom is -0.491 e. The summed E-state index contributed by atoms with van der Waals surface area (Å²) < 4.78 is 34.0. The Morgan fingerprint density at radius 3 is 1.21 bits per heavy atom. The number of aromatic nitrogens is 7. The van der Waals surface area contributed by atoms with Crippen molar-refractivity contribution < 1.29 is 18.6 Å². The summed E-state index contributed by atoms with van der Waals surface area (Å²) >= 11 is 18.0. The molecule has 0 atom stereocenters. The number of hydrogen-bond acceptors (Lipinski definition) is 8. The molecule has 62 heavy (non-hydrogen) atoms. The van der Waals surface area contributed by atoms with E-state index in [2.05, 4.69) is 25.1 Å². The van der Waals surface area contributed by atoms with Crippen LogP contribution in [-0.2, 0) is 0 Å². The fraction of sp³-hybridized carbons (Fsp3) is 0.188. The van der Waals surface area contributed by atoms with Crippen LogP contribution in [0.5, 0.6) is 17.2 Å². The lowest BCUT2D eigenvalue weighted by atomic mass is 10.1. The molecule has 8 aromatic rings. The van der Waals surface area contributed by atoms with Crippen molar-refractivity contribution in [1.82, 2.24) is 34.5 Å². The van der Waals surface area contributed by atoms with Crippen molar-refractivity contribution in [3.63, 3.8) is 0 Å². The van der Waals surface area contributed by atoms with E-state index in [4.69, 9.17) is 49.0 Å². The topological polar surface area (TPSA) is 102 Å². The molecule has 0 spiro atoms. The van der Waals surface area contributed by atoms with Crippen molar-refractivity contribution in [3.05, 3.63) is 167 Å². The SMILES string of the molecule is CC(C)Oc1ccc(-c2cc(-n3cccn3)cc(Cl)n2)cc1.CC(C)Oc1ccc(-c2cc(-n3cccn3)cc(F)n2)cc1.CC(C)Oc1ccc(-c2cc(Cl)cc(Cl)n2)cc1. The third-order valence-electron chi connectivity index (χ3n) is 8.42. The fourth-order valence-corrected chi connectivity index (χ4v) is 6.59. The summed E-state index contributed by atoms with van der Waals surface area (Å²) in [7, 11) is 0. The maximum atomic E-state index is 13.8. The third kappa shape index (κ3) is 13.4. The summed E-state index contributed by atoms with van der Waals surface area (Å²) in [5.74, 6) is 1.92. The van der Waals surface area contributed by atoms with Gasteiger partial charge in [-0.1, -0.05) is 34.8 Å². The standard InChI is InChI=1S/C17H16ClN3O.C17H16FN3O.C14H13Cl2NO/c2*1-12(2)22-15-6-4-13(5-7-15)16-10-14(11-17(18)20-16)21-9-3-8-19-21;1-9(2)18-12-5-3-10(4-6-12)13-7-11(15)8-14(16)17-13/h2*3-12H,1-2H3;3-9H,1-2H3. The normalized spacial score (nSPS) is 10.9. The van der Waals surface area contributed by atoms with Gasteiger partial charge in [-0.2, -0.15) is 14.6 Å². The predicted molar refractivity (Wildman–Crippen MR) is 246 cm³/mol. The first-order valence-electron chi connectivity index (χ1n) is 19.8. The highest BCUT2D eigenvalue weighted by molar-refractivity contribution is 6.34. The Morgan fingerprint density at radius 1 is 0.468 bits per heavy atom. The maximum Gasteiger partial charge on any atom is 0.215 e. The molecule has 0 aliphatic rings. The van der Waals surface area contributed by atoms with Crippen LogP contribution in [0.3, 0.4) is 0 Å². The van der Waals surface area contributed by atoms with Gasteiger partial charge in [-0.25, -0.2) is 24.3 Å². The molecule has 0 aliphatic heterocycles. The van der Waals surface area contributed by atoms with Crippen LogP contribution < -0.4 is 14.2 Å². The van der Waals surface area contributed by atoms with Crippen LogP contribution in [0.1, 0.15) is 41.5 Å². The smallest absolute Gasteiger partial charge is 0.215 e. The van der Waals surface area contributed by atoms with E-state index in [1.165, 1.54) is 6.07 Å². The molecular weight excluding hydrogens is 848 g/mol. The molecule has 318 valence electrons. The maximum absolute atomic E-state index is 13.8. The molecule has 14 heteroatoms. The first-order valence-corrected chi connectivity index (χ1v) is 20.9. The molecule has 10 nitrogen and oxygen atoms in total. The van der Waals surface area contributed by atoms with E-state index in [0.29, 0.717) is 26.7 Å².